The number of rotatable bonds is 5. The Bertz CT molecular complexity index is 305. The molecule has 14 heavy (non-hydrogen) atoms. The molecule has 0 radical (unpaired) electrons. The molecule has 0 amide bonds. The van der Waals surface area contributed by atoms with E-state index in [1.165, 1.54) is 0 Å². The lowest BCUT2D eigenvalue weighted by Gasteiger charge is -2.07. The lowest BCUT2D eigenvalue weighted by Crippen LogP contribution is -2.01. The Morgan fingerprint density at radius 2 is 2.29 bits per heavy atom. The number of hydrogen-bond acceptors (Lipinski definition) is 2. The Labute approximate surface area is 85.8 Å². The minimum Gasteiger partial charge on any atom is -0.399 e. The number of benzene rings is 1. The summed E-state index contributed by atoms with van der Waals surface area (Å²) in [6.45, 7) is 6.69. The summed E-state index contributed by atoms with van der Waals surface area (Å²) in [6.07, 6.45) is 4.11. The molecule has 0 aromatic heterocycles. The van der Waals surface area contributed by atoms with E-state index in [4.69, 9.17) is 5.73 Å². The van der Waals surface area contributed by atoms with Crippen LogP contribution in [-0.4, -0.2) is 6.54 Å². The molecule has 1 aromatic carbocycles. The van der Waals surface area contributed by atoms with Crippen LogP contribution in [0.1, 0.15) is 18.4 Å². The van der Waals surface area contributed by atoms with Crippen molar-refractivity contribution in [3.05, 3.63) is 36.4 Å². The molecule has 1 rings (SSSR count). The van der Waals surface area contributed by atoms with E-state index in [1.807, 2.05) is 25.1 Å². The van der Waals surface area contributed by atoms with Gasteiger partial charge in [0.1, 0.15) is 0 Å². The number of unbranched alkanes of at least 4 members (excludes halogenated alkanes) is 1. The van der Waals surface area contributed by atoms with Gasteiger partial charge in [0.25, 0.3) is 0 Å². The normalized spacial score (nSPS) is 9.79. The van der Waals surface area contributed by atoms with E-state index in [-0.39, 0.29) is 0 Å². The highest BCUT2D eigenvalue weighted by atomic mass is 14.9. The fraction of sp³-hybridized carbons (Fsp3) is 0.333. The van der Waals surface area contributed by atoms with Gasteiger partial charge in [-0.05, 0) is 43.5 Å². The van der Waals surface area contributed by atoms with E-state index in [1.54, 1.807) is 0 Å². The molecule has 0 aliphatic heterocycles. The molecule has 3 N–H and O–H groups in total. The summed E-state index contributed by atoms with van der Waals surface area (Å²) in [5, 5.41) is 3.34. The summed E-state index contributed by atoms with van der Waals surface area (Å²) in [5.41, 5.74) is 8.84. The van der Waals surface area contributed by atoms with Gasteiger partial charge in [-0.1, -0.05) is 6.08 Å². The van der Waals surface area contributed by atoms with Crippen LogP contribution in [0.5, 0.6) is 0 Å². The van der Waals surface area contributed by atoms with Gasteiger partial charge in [-0.25, -0.2) is 0 Å². The molecular weight excluding hydrogens is 172 g/mol. The maximum absolute atomic E-state index is 5.72. The zero-order valence-electron chi connectivity index (χ0n) is 8.72. The number of aryl methyl sites for hydroxylation is 1. The van der Waals surface area contributed by atoms with Crippen molar-refractivity contribution in [3.8, 4) is 0 Å². The van der Waals surface area contributed by atoms with E-state index >= 15 is 0 Å². The molecule has 0 bridgehead atoms. The Kier molecular flexibility index (Phi) is 4.05. The summed E-state index contributed by atoms with van der Waals surface area (Å²) >= 11 is 0. The molecule has 0 spiro atoms. The first-order chi connectivity index (χ1) is 6.74. The minimum absolute atomic E-state index is 0.849. The SMILES string of the molecule is C=CCCCNc1ccc(N)c(C)c1. The predicted octanol–water partition coefficient (Wildman–Crippen LogP) is 2.96. The lowest BCUT2D eigenvalue weighted by molar-refractivity contribution is 0.891. The molecule has 0 heterocycles. The van der Waals surface area contributed by atoms with Crippen molar-refractivity contribution in [2.24, 2.45) is 0 Å². The Morgan fingerprint density at radius 3 is 2.93 bits per heavy atom. The number of nitrogens with two attached hydrogens (primary N) is 1. The molecule has 0 unspecified atom stereocenters. The number of hydrogen-bond donors (Lipinski definition) is 2. The van der Waals surface area contributed by atoms with Crippen LogP contribution in [0.3, 0.4) is 0 Å². The maximum atomic E-state index is 5.72. The van der Waals surface area contributed by atoms with Crippen LogP contribution in [0.2, 0.25) is 0 Å². The first-order valence-electron chi connectivity index (χ1n) is 4.95. The van der Waals surface area contributed by atoms with Crippen LogP contribution < -0.4 is 11.1 Å². The average molecular weight is 190 g/mol. The fourth-order valence-electron chi connectivity index (χ4n) is 1.26. The molecule has 2 nitrogen and oxygen atoms in total. The van der Waals surface area contributed by atoms with Crippen molar-refractivity contribution in [2.75, 3.05) is 17.6 Å². The Balaban J connectivity index is 2.43. The van der Waals surface area contributed by atoms with Gasteiger partial charge in [0.2, 0.25) is 0 Å². The van der Waals surface area contributed by atoms with E-state index in [0.29, 0.717) is 0 Å². The van der Waals surface area contributed by atoms with Crippen LogP contribution >= 0.6 is 0 Å². The van der Waals surface area contributed by atoms with Crippen molar-refractivity contribution in [2.45, 2.75) is 19.8 Å². The van der Waals surface area contributed by atoms with Gasteiger partial charge in [-0.15, -0.1) is 6.58 Å². The van der Waals surface area contributed by atoms with Crippen LogP contribution in [-0.2, 0) is 0 Å². The second-order valence-electron chi connectivity index (χ2n) is 3.43. The van der Waals surface area contributed by atoms with Crippen molar-refractivity contribution in [3.63, 3.8) is 0 Å². The highest BCUT2D eigenvalue weighted by Gasteiger charge is 1.95. The summed E-state index contributed by atoms with van der Waals surface area (Å²) < 4.78 is 0. The monoisotopic (exact) mass is 190 g/mol. The van der Waals surface area contributed by atoms with E-state index in [2.05, 4.69) is 18.0 Å². The Morgan fingerprint density at radius 1 is 1.50 bits per heavy atom. The van der Waals surface area contributed by atoms with Gasteiger partial charge in [-0.2, -0.15) is 0 Å². The van der Waals surface area contributed by atoms with Gasteiger partial charge in [0.15, 0.2) is 0 Å². The first kappa shape index (κ1) is 10.6. The molecule has 1 aromatic rings. The smallest absolute Gasteiger partial charge is 0.0345 e. The molecule has 0 aliphatic carbocycles. The third-order valence-electron chi connectivity index (χ3n) is 2.18. The first-order valence-corrected chi connectivity index (χ1v) is 4.95. The zero-order chi connectivity index (χ0) is 10.4. The van der Waals surface area contributed by atoms with Crippen molar-refractivity contribution in [1.82, 2.24) is 0 Å². The minimum atomic E-state index is 0.849. The van der Waals surface area contributed by atoms with Gasteiger partial charge in [0.05, 0.1) is 0 Å². The van der Waals surface area contributed by atoms with Gasteiger partial charge >= 0.3 is 0 Å². The topological polar surface area (TPSA) is 38.0 Å². The average Bonchev–Trinajstić information content (AvgIpc) is 2.18. The molecular formula is C12H18N2. The van der Waals surface area contributed by atoms with Crippen molar-refractivity contribution in [1.29, 1.82) is 0 Å². The molecule has 0 saturated carbocycles. The third kappa shape index (κ3) is 3.13. The lowest BCUT2D eigenvalue weighted by atomic mass is 10.2. The van der Waals surface area contributed by atoms with Gasteiger partial charge < -0.3 is 11.1 Å². The third-order valence-corrected chi connectivity index (χ3v) is 2.18. The van der Waals surface area contributed by atoms with Crippen LogP contribution in [0.15, 0.2) is 30.9 Å². The molecule has 0 saturated heterocycles. The van der Waals surface area contributed by atoms with E-state index in [0.717, 1.165) is 36.3 Å². The van der Waals surface area contributed by atoms with Gasteiger partial charge in [0, 0.05) is 17.9 Å². The summed E-state index contributed by atoms with van der Waals surface area (Å²) in [4.78, 5) is 0. The van der Waals surface area contributed by atoms with Crippen LogP contribution in [0, 0.1) is 6.92 Å². The second kappa shape index (κ2) is 5.32. The number of nitrogen functional groups attached to an aromatic ring is 1. The summed E-state index contributed by atoms with van der Waals surface area (Å²) in [5.74, 6) is 0. The Hall–Kier alpha value is -1.44. The highest BCUT2D eigenvalue weighted by Crippen LogP contribution is 2.16. The molecule has 76 valence electrons. The summed E-state index contributed by atoms with van der Waals surface area (Å²) in [7, 11) is 0. The zero-order valence-corrected chi connectivity index (χ0v) is 8.72. The summed E-state index contributed by atoms with van der Waals surface area (Å²) in [6, 6.07) is 6.02. The molecule has 0 atom stereocenters. The maximum Gasteiger partial charge on any atom is 0.0345 e. The van der Waals surface area contributed by atoms with Crippen molar-refractivity contribution >= 4 is 11.4 Å². The largest absolute Gasteiger partial charge is 0.399 e. The predicted molar refractivity (Wildman–Crippen MR) is 63.5 cm³/mol. The van der Waals surface area contributed by atoms with Crippen LogP contribution in [0.25, 0.3) is 0 Å². The highest BCUT2D eigenvalue weighted by molar-refractivity contribution is 5.56. The van der Waals surface area contributed by atoms with E-state index in [9.17, 15) is 0 Å². The number of nitrogens with one attached hydrogen (secondary N) is 1. The molecule has 0 aliphatic rings. The van der Waals surface area contributed by atoms with E-state index < -0.39 is 0 Å². The molecule has 2 heteroatoms. The fourth-order valence-corrected chi connectivity index (χ4v) is 1.26. The standard InChI is InChI=1S/C12H18N2/c1-3-4-5-8-14-11-6-7-12(13)10(2)9-11/h3,6-7,9,14H,1,4-5,8,13H2,2H3. The second-order valence-corrected chi connectivity index (χ2v) is 3.43. The van der Waals surface area contributed by atoms with Crippen LogP contribution in [0.4, 0.5) is 11.4 Å². The van der Waals surface area contributed by atoms with Crippen molar-refractivity contribution < 1.29 is 0 Å². The molecule has 0 fully saturated rings. The number of anilines is 2. The van der Waals surface area contributed by atoms with Gasteiger partial charge in [-0.3, -0.25) is 0 Å². The quantitative estimate of drug-likeness (QED) is 0.425. The number of allylic oxidation sites excluding steroid dienone is 1.